The van der Waals surface area contributed by atoms with Gasteiger partial charge >= 0.3 is 0 Å². The van der Waals surface area contributed by atoms with Gasteiger partial charge in [0.25, 0.3) is 0 Å². The van der Waals surface area contributed by atoms with E-state index in [1.165, 1.54) is 5.39 Å². The van der Waals surface area contributed by atoms with Gasteiger partial charge in [-0.1, -0.05) is 127 Å². The van der Waals surface area contributed by atoms with Gasteiger partial charge in [0.05, 0.1) is 45.7 Å². The number of benzene rings is 7. The monoisotopic (exact) mass is 662 g/mol. The molecule has 0 bridgehead atoms. The maximum absolute atomic E-state index is 8.51. The van der Waals surface area contributed by atoms with Crippen LogP contribution in [0.5, 0.6) is 0 Å². The summed E-state index contributed by atoms with van der Waals surface area (Å²) in [5.41, 5.74) is 12.8. The van der Waals surface area contributed by atoms with Crippen molar-refractivity contribution in [3.63, 3.8) is 0 Å². The lowest BCUT2D eigenvalue weighted by atomic mass is 9.99. The van der Waals surface area contributed by atoms with Crippen molar-refractivity contribution in [2.45, 2.75) is 0 Å². The Morgan fingerprint density at radius 2 is 1.02 bits per heavy atom. The Morgan fingerprint density at radius 1 is 0.423 bits per heavy atom. The molecule has 10 aromatic rings. The Hall–Kier alpha value is -7.22. The minimum absolute atomic E-state index is 0.567. The number of pyridine rings is 1. The second-order valence-corrected chi connectivity index (χ2v) is 13.1. The quantitative estimate of drug-likeness (QED) is 0.169. The lowest BCUT2D eigenvalue weighted by Gasteiger charge is -2.14. The highest BCUT2D eigenvalue weighted by molar-refractivity contribution is 6.26. The summed E-state index contributed by atoms with van der Waals surface area (Å²) in [6.07, 6.45) is 0. The van der Waals surface area contributed by atoms with E-state index in [-0.39, 0.29) is 0 Å². The van der Waals surface area contributed by atoms with Gasteiger partial charge in [-0.3, -0.25) is 0 Å². The van der Waals surface area contributed by atoms with Gasteiger partial charge in [0.2, 0.25) is 5.69 Å². The van der Waals surface area contributed by atoms with Crippen molar-refractivity contribution in [1.29, 1.82) is 0 Å². The predicted octanol–water partition coefficient (Wildman–Crippen LogP) is 12.8. The number of rotatable bonds is 5. The molecule has 0 N–H and O–H groups in total. The molecule has 0 aliphatic heterocycles. The topological polar surface area (TPSA) is 27.1 Å². The fourth-order valence-corrected chi connectivity index (χ4v) is 7.81. The summed E-state index contributed by atoms with van der Waals surface area (Å²) >= 11 is 0. The zero-order chi connectivity index (χ0) is 34.6. The van der Waals surface area contributed by atoms with E-state index in [1.54, 1.807) is 0 Å². The van der Waals surface area contributed by atoms with Crippen LogP contribution in [-0.2, 0) is 0 Å². The first-order chi connectivity index (χ1) is 25.8. The average molecular weight is 663 g/mol. The van der Waals surface area contributed by atoms with Crippen LogP contribution in [0.2, 0.25) is 0 Å². The van der Waals surface area contributed by atoms with Crippen LogP contribution in [0.15, 0.2) is 182 Å². The number of hydrogen-bond acceptors (Lipinski definition) is 1. The van der Waals surface area contributed by atoms with Crippen molar-refractivity contribution in [1.82, 2.24) is 14.1 Å². The van der Waals surface area contributed by atoms with Crippen LogP contribution < -0.4 is 0 Å². The Labute approximate surface area is 300 Å². The molecule has 3 heterocycles. The molecule has 3 aromatic heterocycles. The second-order valence-electron chi connectivity index (χ2n) is 13.1. The molecular weight excluding hydrogens is 633 g/mol. The molecule has 4 nitrogen and oxygen atoms in total. The van der Waals surface area contributed by atoms with Crippen molar-refractivity contribution in [2.75, 3.05) is 0 Å². The first-order valence-corrected chi connectivity index (χ1v) is 17.4. The van der Waals surface area contributed by atoms with Gasteiger partial charge in [-0.05, 0) is 71.3 Å². The van der Waals surface area contributed by atoms with Crippen molar-refractivity contribution in [3.05, 3.63) is 193 Å². The fraction of sp³-hybridized carbons (Fsp3) is 0. The number of fused-ring (bicyclic) bond motifs is 7. The van der Waals surface area contributed by atoms with E-state index in [2.05, 4.69) is 166 Å². The molecule has 0 aliphatic carbocycles. The van der Waals surface area contributed by atoms with Crippen molar-refractivity contribution >= 4 is 49.3 Å². The molecule has 0 atom stereocenters. The summed E-state index contributed by atoms with van der Waals surface area (Å²) in [5.74, 6) is 0. The predicted molar refractivity (Wildman–Crippen MR) is 215 cm³/mol. The Morgan fingerprint density at radius 3 is 1.73 bits per heavy atom. The minimum atomic E-state index is 0.567. The smallest absolute Gasteiger partial charge is 0.211 e. The Balaban J connectivity index is 1.24. The highest BCUT2D eigenvalue weighted by Gasteiger charge is 2.22. The van der Waals surface area contributed by atoms with E-state index in [0.717, 1.165) is 83.2 Å². The summed E-state index contributed by atoms with van der Waals surface area (Å²) in [7, 11) is 0. The summed E-state index contributed by atoms with van der Waals surface area (Å²) in [6, 6.07) is 63.4. The largest absolute Gasteiger partial charge is 0.318 e. The van der Waals surface area contributed by atoms with E-state index in [1.807, 2.05) is 30.3 Å². The molecule has 0 saturated heterocycles. The van der Waals surface area contributed by atoms with Crippen molar-refractivity contribution in [3.8, 4) is 45.0 Å². The van der Waals surface area contributed by atoms with Crippen LogP contribution in [0.1, 0.15) is 0 Å². The van der Waals surface area contributed by atoms with E-state index in [9.17, 15) is 0 Å². The molecule has 4 heteroatoms. The zero-order valence-corrected chi connectivity index (χ0v) is 28.1. The van der Waals surface area contributed by atoms with Gasteiger partial charge in [-0.15, -0.1) is 0 Å². The molecule has 0 saturated carbocycles. The van der Waals surface area contributed by atoms with Crippen LogP contribution in [0, 0.1) is 6.57 Å². The lowest BCUT2D eigenvalue weighted by Crippen LogP contribution is -1.97. The first-order valence-electron chi connectivity index (χ1n) is 17.4. The minimum Gasteiger partial charge on any atom is -0.318 e. The average Bonchev–Trinajstić information content (AvgIpc) is 3.74. The first kappa shape index (κ1) is 29.7. The van der Waals surface area contributed by atoms with Gasteiger partial charge in [-0.25, -0.2) is 9.83 Å². The SMILES string of the molecule is [C-]#[N+]c1cc(-c2cc(-c3ccccc3)cc(-c3ccccc3)n2)ccc1-n1c2ccccc2c2ccc3c(c4ccccc4n3-c3ccccc3)c21. The lowest BCUT2D eigenvalue weighted by molar-refractivity contribution is 1.18. The fourth-order valence-electron chi connectivity index (χ4n) is 7.81. The summed E-state index contributed by atoms with van der Waals surface area (Å²) in [4.78, 5) is 9.34. The van der Waals surface area contributed by atoms with E-state index >= 15 is 0 Å². The maximum Gasteiger partial charge on any atom is 0.211 e. The molecule has 7 aromatic carbocycles. The molecule has 0 fully saturated rings. The van der Waals surface area contributed by atoms with E-state index in [0.29, 0.717) is 5.69 Å². The maximum atomic E-state index is 8.51. The third-order valence-corrected chi connectivity index (χ3v) is 10.1. The van der Waals surface area contributed by atoms with E-state index < -0.39 is 0 Å². The number of para-hydroxylation sites is 3. The van der Waals surface area contributed by atoms with Crippen LogP contribution in [0.4, 0.5) is 5.69 Å². The highest BCUT2D eigenvalue weighted by atomic mass is 15.0. The summed E-state index contributed by atoms with van der Waals surface area (Å²) in [5, 5.41) is 4.65. The zero-order valence-electron chi connectivity index (χ0n) is 28.1. The number of aromatic nitrogens is 3. The molecular formula is C48H30N4. The summed E-state index contributed by atoms with van der Waals surface area (Å²) < 4.78 is 4.65. The van der Waals surface area contributed by atoms with Crippen molar-refractivity contribution < 1.29 is 0 Å². The molecule has 0 unspecified atom stereocenters. The molecule has 52 heavy (non-hydrogen) atoms. The number of hydrogen-bond donors (Lipinski definition) is 0. The van der Waals surface area contributed by atoms with Gasteiger partial charge in [0.15, 0.2) is 0 Å². The third-order valence-electron chi connectivity index (χ3n) is 10.1. The molecule has 242 valence electrons. The summed E-state index contributed by atoms with van der Waals surface area (Å²) in [6.45, 7) is 8.51. The van der Waals surface area contributed by atoms with Gasteiger partial charge in [0, 0.05) is 32.8 Å². The normalized spacial score (nSPS) is 11.4. The van der Waals surface area contributed by atoms with Gasteiger partial charge in [0.1, 0.15) is 0 Å². The molecule has 0 aliphatic rings. The van der Waals surface area contributed by atoms with Crippen LogP contribution in [0.3, 0.4) is 0 Å². The molecule has 0 radical (unpaired) electrons. The molecule has 10 rings (SSSR count). The Bertz CT molecular complexity index is 2940. The van der Waals surface area contributed by atoms with Gasteiger partial charge < -0.3 is 9.13 Å². The van der Waals surface area contributed by atoms with Gasteiger partial charge in [-0.2, -0.15) is 0 Å². The Kier molecular flexibility index (Phi) is 6.84. The molecule has 0 amide bonds. The van der Waals surface area contributed by atoms with Crippen molar-refractivity contribution in [2.24, 2.45) is 0 Å². The third kappa shape index (κ3) is 4.65. The van der Waals surface area contributed by atoms with Crippen LogP contribution >= 0.6 is 0 Å². The van der Waals surface area contributed by atoms with Crippen LogP contribution in [0.25, 0.3) is 93.5 Å². The number of nitrogens with zero attached hydrogens (tertiary/aromatic N) is 4. The standard InChI is InChI=1S/C48H30N4/c1-49-42-29-34(41-31-35(32-15-5-2-6-16-32)30-40(50-41)33-17-7-3-8-18-33)25-27-45(42)52-43-23-13-11-21-37(43)38-26-28-46-47(48(38)52)39-22-12-14-24-44(39)51(46)36-19-9-4-10-20-36/h2-31H. The van der Waals surface area contributed by atoms with E-state index in [4.69, 9.17) is 11.6 Å². The van der Waals surface area contributed by atoms with Crippen LogP contribution in [-0.4, -0.2) is 14.1 Å². The second kappa shape index (κ2) is 12.0. The highest BCUT2D eigenvalue weighted by Crippen LogP contribution is 2.44. The molecule has 0 spiro atoms.